The summed E-state index contributed by atoms with van der Waals surface area (Å²) in [6.07, 6.45) is 0. The predicted octanol–water partition coefficient (Wildman–Crippen LogP) is 7.53. The maximum Gasteiger partial charge on any atom is 0.146 e. The van der Waals surface area contributed by atoms with E-state index >= 15 is 0 Å². The number of anilines is 1. The molecule has 0 aliphatic rings. The Morgan fingerprint density at radius 3 is 2.45 bits per heavy atom. The molecule has 5 heteroatoms. The van der Waals surface area contributed by atoms with E-state index in [1.54, 1.807) is 0 Å². The number of rotatable bonds is 3. The quantitative estimate of drug-likeness (QED) is 0.287. The molecule has 0 aliphatic heterocycles. The fourth-order valence-corrected chi connectivity index (χ4v) is 3.93. The van der Waals surface area contributed by atoms with E-state index in [-0.39, 0.29) is 5.41 Å². The van der Waals surface area contributed by atoms with Crippen LogP contribution in [0.2, 0.25) is 5.02 Å². The highest BCUT2D eigenvalue weighted by atomic mass is 35.5. The third-order valence-electron chi connectivity index (χ3n) is 5.63. The Labute approximate surface area is 197 Å². The van der Waals surface area contributed by atoms with Gasteiger partial charge in [0.25, 0.3) is 0 Å². The van der Waals surface area contributed by atoms with Crippen LogP contribution in [0.3, 0.4) is 0 Å². The van der Waals surface area contributed by atoms with Crippen LogP contribution >= 0.6 is 11.6 Å². The molecule has 0 aliphatic carbocycles. The second kappa shape index (κ2) is 8.38. The number of benzene rings is 3. The number of halogens is 1. The van der Waals surface area contributed by atoms with Crippen molar-refractivity contribution < 1.29 is 4.42 Å². The molecular formula is C28H24ClN3O. The van der Waals surface area contributed by atoms with E-state index in [1.165, 1.54) is 5.56 Å². The van der Waals surface area contributed by atoms with E-state index in [0.717, 1.165) is 33.0 Å². The summed E-state index contributed by atoms with van der Waals surface area (Å²) in [4.78, 5) is 4.65. The zero-order valence-electron chi connectivity index (χ0n) is 18.8. The van der Waals surface area contributed by atoms with Gasteiger partial charge in [0.15, 0.2) is 0 Å². The summed E-state index contributed by atoms with van der Waals surface area (Å²) >= 11 is 6.27. The summed E-state index contributed by atoms with van der Waals surface area (Å²) in [6, 6.07) is 27.9. The van der Waals surface area contributed by atoms with Gasteiger partial charge in [-0.15, -0.1) is 0 Å². The SMILES string of the molecule is CC(C)(C)c1ccc(-c2cc(=NNc3ccc4ccccc4n3)c3cc(Cl)ccc3o2)cc1. The Kier molecular flexibility index (Phi) is 5.39. The van der Waals surface area contributed by atoms with Gasteiger partial charge in [-0.3, -0.25) is 5.43 Å². The van der Waals surface area contributed by atoms with Gasteiger partial charge < -0.3 is 4.42 Å². The minimum atomic E-state index is 0.0904. The number of hydrogen-bond acceptors (Lipinski definition) is 4. The fraction of sp³-hybridized carbons (Fsp3) is 0.143. The van der Waals surface area contributed by atoms with Crippen LogP contribution in [0.4, 0.5) is 5.82 Å². The molecule has 0 saturated carbocycles. The smallest absolute Gasteiger partial charge is 0.146 e. The highest BCUT2D eigenvalue weighted by Gasteiger charge is 2.14. The number of nitrogens with one attached hydrogen (secondary N) is 1. The third kappa shape index (κ3) is 4.48. The first-order valence-electron chi connectivity index (χ1n) is 10.9. The number of pyridine rings is 1. The van der Waals surface area contributed by atoms with Gasteiger partial charge in [0, 0.05) is 27.4 Å². The van der Waals surface area contributed by atoms with Gasteiger partial charge in [-0.05, 0) is 47.4 Å². The largest absolute Gasteiger partial charge is 0.456 e. The van der Waals surface area contributed by atoms with Gasteiger partial charge in [-0.2, -0.15) is 5.10 Å². The molecule has 2 aromatic heterocycles. The number of aromatic nitrogens is 1. The topological polar surface area (TPSA) is 50.4 Å². The van der Waals surface area contributed by atoms with Gasteiger partial charge in [0.1, 0.15) is 17.2 Å². The van der Waals surface area contributed by atoms with Crippen LogP contribution in [0.5, 0.6) is 0 Å². The molecule has 0 saturated heterocycles. The maximum absolute atomic E-state index is 6.27. The second-order valence-corrected chi connectivity index (χ2v) is 9.51. The summed E-state index contributed by atoms with van der Waals surface area (Å²) in [5.41, 5.74) is 7.07. The van der Waals surface area contributed by atoms with E-state index < -0.39 is 0 Å². The minimum absolute atomic E-state index is 0.0904. The van der Waals surface area contributed by atoms with Crippen LogP contribution in [0, 0.1) is 0 Å². The summed E-state index contributed by atoms with van der Waals surface area (Å²) in [5, 5.41) is 7.92. The summed E-state index contributed by atoms with van der Waals surface area (Å²) in [7, 11) is 0. The zero-order chi connectivity index (χ0) is 23.0. The number of hydrogen-bond donors (Lipinski definition) is 1. The zero-order valence-corrected chi connectivity index (χ0v) is 19.5. The third-order valence-corrected chi connectivity index (χ3v) is 5.87. The Morgan fingerprint density at radius 2 is 1.67 bits per heavy atom. The van der Waals surface area contributed by atoms with E-state index in [9.17, 15) is 0 Å². The molecule has 0 spiro atoms. The van der Waals surface area contributed by atoms with E-state index in [2.05, 4.69) is 60.5 Å². The van der Waals surface area contributed by atoms with E-state index in [4.69, 9.17) is 16.0 Å². The normalized spacial score (nSPS) is 12.4. The molecule has 0 radical (unpaired) electrons. The lowest BCUT2D eigenvalue weighted by molar-refractivity contribution is 0.589. The molecular weight excluding hydrogens is 430 g/mol. The fourth-order valence-electron chi connectivity index (χ4n) is 3.76. The summed E-state index contributed by atoms with van der Waals surface area (Å²) < 4.78 is 6.22. The van der Waals surface area contributed by atoms with E-state index in [1.807, 2.05) is 60.7 Å². The average Bonchev–Trinajstić information content (AvgIpc) is 2.82. The average molecular weight is 454 g/mol. The number of nitrogens with zero attached hydrogens (tertiary/aromatic N) is 2. The minimum Gasteiger partial charge on any atom is -0.456 e. The Morgan fingerprint density at radius 1 is 0.879 bits per heavy atom. The van der Waals surface area contributed by atoms with Crippen molar-refractivity contribution in [3.63, 3.8) is 0 Å². The Balaban J connectivity index is 1.59. The van der Waals surface area contributed by atoms with Crippen LogP contribution in [0.1, 0.15) is 26.3 Å². The lowest BCUT2D eigenvalue weighted by Crippen LogP contribution is -2.10. The van der Waals surface area contributed by atoms with Gasteiger partial charge in [0.05, 0.1) is 10.9 Å². The highest BCUT2D eigenvalue weighted by molar-refractivity contribution is 6.31. The van der Waals surface area contributed by atoms with Crippen molar-refractivity contribution in [3.8, 4) is 11.3 Å². The first-order valence-corrected chi connectivity index (χ1v) is 11.2. The molecule has 3 aromatic carbocycles. The van der Waals surface area contributed by atoms with Crippen molar-refractivity contribution in [2.24, 2.45) is 5.10 Å². The molecule has 0 fully saturated rings. The second-order valence-electron chi connectivity index (χ2n) is 9.08. The Bertz CT molecular complexity index is 1530. The van der Waals surface area contributed by atoms with Crippen molar-refractivity contribution in [2.75, 3.05) is 5.43 Å². The molecule has 0 atom stereocenters. The first kappa shape index (κ1) is 21.2. The van der Waals surface area contributed by atoms with Crippen LogP contribution in [-0.4, -0.2) is 4.98 Å². The van der Waals surface area contributed by atoms with E-state index in [0.29, 0.717) is 16.4 Å². The van der Waals surface area contributed by atoms with Crippen LogP contribution < -0.4 is 10.8 Å². The van der Waals surface area contributed by atoms with Crippen LogP contribution in [0.25, 0.3) is 33.2 Å². The van der Waals surface area contributed by atoms with Crippen molar-refractivity contribution in [2.45, 2.75) is 26.2 Å². The molecule has 0 unspecified atom stereocenters. The standard InChI is InChI=1S/C28H24ClN3O/c1-28(2,3)20-11-8-19(9-12-20)26-17-24(22-16-21(29)13-14-25(22)33-26)31-32-27-15-10-18-6-4-5-7-23(18)30-27/h4-17H,1-3H3,(H,30,32). The maximum atomic E-state index is 6.27. The Hall–Kier alpha value is -3.63. The van der Waals surface area contributed by atoms with Crippen molar-refractivity contribution in [1.29, 1.82) is 0 Å². The number of para-hydroxylation sites is 1. The van der Waals surface area contributed by atoms with Gasteiger partial charge in [-0.25, -0.2) is 4.98 Å². The van der Waals surface area contributed by atoms with Gasteiger partial charge in [0.2, 0.25) is 0 Å². The van der Waals surface area contributed by atoms with Crippen LogP contribution in [-0.2, 0) is 5.41 Å². The first-order chi connectivity index (χ1) is 15.9. The molecule has 5 aromatic rings. The van der Waals surface area contributed by atoms with Crippen LogP contribution in [0.15, 0.2) is 94.4 Å². The number of fused-ring (bicyclic) bond motifs is 2. The summed E-state index contributed by atoms with van der Waals surface area (Å²) in [5.74, 6) is 1.40. The summed E-state index contributed by atoms with van der Waals surface area (Å²) in [6.45, 7) is 6.61. The molecule has 33 heavy (non-hydrogen) atoms. The molecule has 2 heterocycles. The molecule has 1 N–H and O–H groups in total. The monoisotopic (exact) mass is 453 g/mol. The van der Waals surface area contributed by atoms with Crippen molar-refractivity contribution in [3.05, 3.63) is 101 Å². The predicted molar refractivity (Wildman–Crippen MR) is 136 cm³/mol. The van der Waals surface area contributed by atoms with Gasteiger partial charge >= 0.3 is 0 Å². The molecule has 4 nitrogen and oxygen atoms in total. The lowest BCUT2D eigenvalue weighted by Gasteiger charge is -2.19. The molecule has 0 bridgehead atoms. The van der Waals surface area contributed by atoms with Crippen molar-refractivity contribution in [1.82, 2.24) is 4.98 Å². The molecule has 164 valence electrons. The lowest BCUT2D eigenvalue weighted by atomic mass is 9.86. The molecule has 0 amide bonds. The molecule has 5 rings (SSSR count). The van der Waals surface area contributed by atoms with Gasteiger partial charge in [-0.1, -0.05) is 74.8 Å². The highest BCUT2D eigenvalue weighted by Crippen LogP contribution is 2.28. The van der Waals surface area contributed by atoms with Crippen molar-refractivity contribution >= 4 is 39.3 Å².